The fourth-order valence-electron chi connectivity index (χ4n) is 3.50. The minimum absolute atomic E-state index is 0.0636. The second kappa shape index (κ2) is 8.87. The van der Waals surface area contributed by atoms with E-state index in [1.165, 1.54) is 0 Å². The van der Waals surface area contributed by atoms with Crippen molar-refractivity contribution in [3.8, 4) is 0 Å². The van der Waals surface area contributed by atoms with E-state index in [4.69, 9.17) is 0 Å². The largest absolute Gasteiger partial charge is 0.325 e. The highest BCUT2D eigenvalue weighted by molar-refractivity contribution is 6.05. The highest BCUT2D eigenvalue weighted by Crippen LogP contribution is 2.31. The normalized spacial score (nSPS) is 16.1. The van der Waals surface area contributed by atoms with Gasteiger partial charge in [-0.05, 0) is 50.7 Å². The van der Waals surface area contributed by atoms with Gasteiger partial charge in [-0.15, -0.1) is 0 Å². The second-order valence-corrected chi connectivity index (χ2v) is 7.47. The van der Waals surface area contributed by atoms with Gasteiger partial charge in [-0.25, -0.2) is 0 Å². The van der Waals surface area contributed by atoms with Crippen molar-refractivity contribution >= 4 is 34.8 Å². The summed E-state index contributed by atoms with van der Waals surface area (Å²) in [5, 5.41) is 5.69. The van der Waals surface area contributed by atoms with Crippen molar-refractivity contribution in [2.75, 3.05) is 35.7 Å². The van der Waals surface area contributed by atoms with Gasteiger partial charge in [0.1, 0.15) is 0 Å². The topological polar surface area (TPSA) is 81.8 Å². The summed E-state index contributed by atoms with van der Waals surface area (Å²) in [6.45, 7) is 3.96. The Morgan fingerprint density at radius 3 is 2.69 bits per heavy atom. The molecule has 0 saturated heterocycles. The van der Waals surface area contributed by atoms with Crippen LogP contribution in [0.15, 0.2) is 48.5 Å². The van der Waals surface area contributed by atoms with Crippen LogP contribution in [0.5, 0.6) is 0 Å². The number of amides is 3. The number of hydrogen-bond acceptors (Lipinski definition) is 4. The molecule has 1 aliphatic heterocycles. The molecule has 2 N–H and O–H groups in total. The molecule has 0 aromatic heterocycles. The number of anilines is 3. The Morgan fingerprint density at radius 2 is 1.93 bits per heavy atom. The Hall–Kier alpha value is -3.19. The molecule has 1 atom stereocenters. The number of hydrogen-bond donors (Lipinski definition) is 2. The number of aryl methyl sites for hydroxylation is 1. The maximum Gasteiger partial charge on any atom is 0.241 e. The maximum absolute atomic E-state index is 13.0. The van der Waals surface area contributed by atoms with Crippen LogP contribution < -0.4 is 15.5 Å². The smallest absolute Gasteiger partial charge is 0.241 e. The zero-order valence-electron chi connectivity index (χ0n) is 16.9. The monoisotopic (exact) mass is 394 g/mol. The van der Waals surface area contributed by atoms with Crippen molar-refractivity contribution in [2.24, 2.45) is 0 Å². The average Bonchev–Trinajstić information content (AvgIpc) is 2.75. The number of nitrogens with one attached hydrogen (secondary N) is 2. The van der Waals surface area contributed by atoms with Gasteiger partial charge in [0.25, 0.3) is 0 Å². The fourth-order valence-corrected chi connectivity index (χ4v) is 3.50. The van der Waals surface area contributed by atoms with E-state index in [-0.39, 0.29) is 43.3 Å². The molecule has 152 valence electrons. The zero-order chi connectivity index (χ0) is 21.0. The molecule has 1 aliphatic rings. The average molecular weight is 394 g/mol. The minimum atomic E-state index is -0.277. The molecule has 0 bridgehead atoms. The number of fused-ring (bicyclic) bond motifs is 1. The SMILES string of the molecule is Cc1cccc(NC(=O)CN(C)CC(=O)N2c3ccccc3NC(=O)C[C@@H]2C)c1. The van der Waals surface area contributed by atoms with E-state index in [2.05, 4.69) is 10.6 Å². The van der Waals surface area contributed by atoms with Gasteiger partial charge in [0, 0.05) is 18.2 Å². The number of carbonyl (C=O) groups excluding carboxylic acids is 3. The van der Waals surface area contributed by atoms with E-state index in [0.717, 1.165) is 11.3 Å². The number of para-hydroxylation sites is 2. The Kier molecular flexibility index (Phi) is 6.29. The van der Waals surface area contributed by atoms with E-state index in [1.807, 2.05) is 56.3 Å². The Balaban J connectivity index is 1.65. The second-order valence-electron chi connectivity index (χ2n) is 7.47. The molecule has 0 unspecified atom stereocenters. The summed E-state index contributed by atoms with van der Waals surface area (Å²) in [7, 11) is 1.73. The molecule has 0 fully saturated rings. The quantitative estimate of drug-likeness (QED) is 0.817. The Bertz CT molecular complexity index is 928. The summed E-state index contributed by atoms with van der Waals surface area (Å²) < 4.78 is 0. The van der Waals surface area contributed by atoms with Gasteiger partial charge >= 0.3 is 0 Å². The van der Waals surface area contributed by atoms with Crippen LogP contribution in [0.1, 0.15) is 18.9 Å². The number of rotatable bonds is 5. The lowest BCUT2D eigenvalue weighted by atomic mass is 10.1. The van der Waals surface area contributed by atoms with Gasteiger partial charge in [0.05, 0.1) is 24.5 Å². The summed E-state index contributed by atoms with van der Waals surface area (Å²) in [5.41, 5.74) is 3.08. The molecule has 0 aliphatic carbocycles. The molecule has 29 heavy (non-hydrogen) atoms. The van der Waals surface area contributed by atoms with Gasteiger partial charge < -0.3 is 15.5 Å². The van der Waals surface area contributed by atoms with E-state index in [0.29, 0.717) is 11.4 Å². The summed E-state index contributed by atoms with van der Waals surface area (Å²) in [6, 6.07) is 14.5. The lowest BCUT2D eigenvalue weighted by Crippen LogP contribution is -2.45. The standard InChI is InChI=1S/C22H26N4O3/c1-15-7-6-8-17(11-15)23-21(28)13-25(3)14-22(29)26-16(2)12-20(27)24-18-9-4-5-10-19(18)26/h4-11,16H,12-14H2,1-3H3,(H,23,28)(H,24,27)/t16-/m0/s1. The minimum Gasteiger partial charge on any atom is -0.325 e. The number of likely N-dealkylation sites (N-methyl/N-ethyl adjacent to an activating group) is 1. The first-order valence-electron chi connectivity index (χ1n) is 9.59. The van der Waals surface area contributed by atoms with Crippen molar-refractivity contribution < 1.29 is 14.4 Å². The summed E-state index contributed by atoms with van der Waals surface area (Å²) >= 11 is 0. The van der Waals surface area contributed by atoms with Crippen molar-refractivity contribution in [1.29, 1.82) is 0 Å². The van der Waals surface area contributed by atoms with Gasteiger partial charge in [0.15, 0.2) is 0 Å². The zero-order valence-corrected chi connectivity index (χ0v) is 16.9. The van der Waals surface area contributed by atoms with E-state index in [9.17, 15) is 14.4 Å². The van der Waals surface area contributed by atoms with Gasteiger partial charge in [0.2, 0.25) is 17.7 Å². The predicted octanol–water partition coefficient (Wildman–Crippen LogP) is 2.63. The third-order valence-electron chi connectivity index (χ3n) is 4.75. The van der Waals surface area contributed by atoms with Crippen molar-refractivity contribution in [3.05, 3.63) is 54.1 Å². The molecule has 0 spiro atoms. The lowest BCUT2D eigenvalue weighted by Gasteiger charge is -2.29. The summed E-state index contributed by atoms with van der Waals surface area (Å²) in [4.78, 5) is 40.7. The highest BCUT2D eigenvalue weighted by Gasteiger charge is 2.30. The molecule has 7 heteroatoms. The number of carbonyl (C=O) groups is 3. The third kappa shape index (κ3) is 5.20. The van der Waals surface area contributed by atoms with Crippen LogP contribution in [0.3, 0.4) is 0 Å². The van der Waals surface area contributed by atoms with Crippen LogP contribution in [-0.2, 0) is 14.4 Å². The maximum atomic E-state index is 13.0. The molecule has 2 aromatic rings. The van der Waals surface area contributed by atoms with Crippen LogP contribution in [0.25, 0.3) is 0 Å². The summed E-state index contributed by atoms with van der Waals surface area (Å²) in [5.74, 6) is -0.467. The van der Waals surface area contributed by atoms with Crippen LogP contribution in [0.4, 0.5) is 17.1 Å². The van der Waals surface area contributed by atoms with E-state index < -0.39 is 0 Å². The van der Waals surface area contributed by atoms with Crippen molar-refractivity contribution in [3.63, 3.8) is 0 Å². The van der Waals surface area contributed by atoms with Crippen LogP contribution in [0.2, 0.25) is 0 Å². The fraction of sp³-hybridized carbons (Fsp3) is 0.318. The van der Waals surface area contributed by atoms with Crippen molar-refractivity contribution in [1.82, 2.24) is 4.90 Å². The molecule has 0 saturated carbocycles. The van der Waals surface area contributed by atoms with Gasteiger partial charge in [-0.2, -0.15) is 0 Å². The number of benzene rings is 2. The predicted molar refractivity (Wildman–Crippen MR) is 114 cm³/mol. The molecule has 1 heterocycles. The van der Waals surface area contributed by atoms with Crippen LogP contribution in [-0.4, -0.2) is 48.8 Å². The first kappa shape index (κ1) is 20.5. The van der Waals surface area contributed by atoms with Crippen molar-refractivity contribution in [2.45, 2.75) is 26.3 Å². The molecule has 2 aromatic carbocycles. The lowest BCUT2D eigenvalue weighted by molar-refractivity contribution is -0.121. The third-order valence-corrected chi connectivity index (χ3v) is 4.75. The van der Waals surface area contributed by atoms with E-state index >= 15 is 0 Å². The number of nitrogens with zero attached hydrogens (tertiary/aromatic N) is 2. The van der Waals surface area contributed by atoms with Crippen LogP contribution >= 0.6 is 0 Å². The first-order valence-corrected chi connectivity index (χ1v) is 9.59. The van der Waals surface area contributed by atoms with Gasteiger partial charge in [-0.3, -0.25) is 19.3 Å². The molecule has 0 radical (unpaired) electrons. The summed E-state index contributed by atoms with van der Waals surface area (Å²) in [6.07, 6.45) is 0.220. The Morgan fingerprint density at radius 1 is 1.17 bits per heavy atom. The molecule has 7 nitrogen and oxygen atoms in total. The first-order chi connectivity index (χ1) is 13.8. The highest BCUT2D eigenvalue weighted by atomic mass is 16.2. The molecule has 3 amide bonds. The Labute approximate surface area is 170 Å². The van der Waals surface area contributed by atoms with E-state index in [1.54, 1.807) is 22.9 Å². The van der Waals surface area contributed by atoms with Gasteiger partial charge in [-0.1, -0.05) is 24.3 Å². The molecular weight excluding hydrogens is 368 g/mol. The van der Waals surface area contributed by atoms with Crippen LogP contribution in [0, 0.1) is 6.92 Å². The molecule has 3 rings (SSSR count). The molecular formula is C22H26N4O3.